The minimum Gasteiger partial charge on any atom is -0.481 e. The average Bonchev–Trinajstić information content (AvgIpc) is 2.60. The summed E-state index contributed by atoms with van der Waals surface area (Å²) in [4.78, 5) is 10.8. The molecule has 1 fully saturated rings. The highest BCUT2D eigenvalue weighted by molar-refractivity contribution is 5.69. The molecule has 1 saturated carbocycles. The first-order chi connectivity index (χ1) is 7.66. The fourth-order valence-electron chi connectivity index (χ4n) is 2.50. The van der Waals surface area contributed by atoms with Gasteiger partial charge in [-0.15, -0.1) is 0 Å². The van der Waals surface area contributed by atoms with E-state index in [1.807, 2.05) is 17.7 Å². The van der Waals surface area contributed by atoms with Crippen molar-refractivity contribution in [3.05, 3.63) is 17.5 Å². The van der Waals surface area contributed by atoms with E-state index in [2.05, 4.69) is 5.10 Å². The number of rotatable bonds is 3. The zero-order chi connectivity index (χ0) is 11.5. The number of carboxylic acids is 1. The van der Waals surface area contributed by atoms with E-state index in [-0.39, 0.29) is 6.42 Å². The molecule has 0 amide bonds. The molecule has 0 bridgehead atoms. The number of aryl methyl sites for hydroxylation is 1. The van der Waals surface area contributed by atoms with Crippen LogP contribution in [0.15, 0.2) is 6.07 Å². The Morgan fingerprint density at radius 3 is 2.81 bits per heavy atom. The van der Waals surface area contributed by atoms with Crippen molar-refractivity contribution in [2.45, 2.75) is 51.5 Å². The number of nitrogens with zero attached hydrogens (tertiary/aromatic N) is 2. The summed E-state index contributed by atoms with van der Waals surface area (Å²) in [5.41, 5.74) is 1.76. The molecule has 1 aromatic heterocycles. The molecule has 0 radical (unpaired) electrons. The molecular weight excluding hydrogens is 204 g/mol. The lowest BCUT2D eigenvalue weighted by atomic mass is 9.95. The van der Waals surface area contributed by atoms with E-state index in [4.69, 9.17) is 5.11 Å². The first-order valence-electron chi connectivity index (χ1n) is 5.93. The van der Waals surface area contributed by atoms with Crippen LogP contribution in [0.25, 0.3) is 0 Å². The zero-order valence-corrected chi connectivity index (χ0v) is 9.65. The molecular formula is C12H18N2O2. The van der Waals surface area contributed by atoms with Crippen molar-refractivity contribution < 1.29 is 9.90 Å². The lowest BCUT2D eigenvalue weighted by Crippen LogP contribution is -2.18. The maximum absolute atomic E-state index is 10.8. The van der Waals surface area contributed by atoms with Crippen LogP contribution in [0.2, 0.25) is 0 Å². The zero-order valence-electron chi connectivity index (χ0n) is 9.65. The van der Waals surface area contributed by atoms with Crippen LogP contribution in [0.1, 0.15) is 49.5 Å². The van der Waals surface area contributed by atoms with Gasteiger partial charge in [-0.1, -0.05) is 19.3 Å². The minimum absolute atomic E-state index is 0.0807. The average molecular weight is 222 g/mol. The number of carboxylic acid groups (broad SMARTS) is 1. The first kappa shape index (κ1) is 11.2. The van der Waals surface area contributed by atoms with Crippen molar-refractivity contribution in [1.82, 2.24) is 9.78 Å². The van der Waals surface area contributed by atoms with Crippen LogP contribution in [-0.2, 0) is 11.2 Å². The van der Waals surface area contributed by atoms with Gasteiger partial charge in [0.2, 0.25) is 0 Å². The summed E-state index contributed by atoms with van der Waals surface area (Å²) >= 11 is 0. The Labute approximate surface area is 95.3 Å². The molecule has 2 rings (SSSR count). The van der Waals surface area contributed by atoms with Gasteiger partial charge in [-0.3, -0.25) is 9.48 Å². The smallest absolute Gasteiger partial charge is 0.309 e. The van der Waals surface area contributed by atoms with Crippen LogP contribution < -0.4 is 0 Å². The third-order valence-corrected chi connectivity index (χ3v) is 3.19. The Balaban J connectivity index is 2.20. The van der Waals surface area contributed by atoms with E-state index in [9.17, 15) is 4.79 Å². The summed E-state index contributed by atoms with van der Waals surface area (Å²) in [5.74, 6) is -0.781. The predicted octanol–water partition coefficient (Wildman–Crippen LogP) is 2.32. The van der Waals surface area contributed by atoms with Crippen molar-refractivity contribution in [3.63, 3.8) is 0 Å². The summed E-state index contributed by atoms with van der Waals surface area (Å²) in [6.45, 7) is 1.92. The summed E-state index contributed by atoms with van der Waals surface area (Å²) in [6, 6.07) is 2.31. The topological polar surface area (TPSA) is 55.1 Å². The van der Waals surface area contributed by atoms with Crippen molar-refractivity contribution in [2.24, 2.45) is 0 Å². The molecule has 4 heteroatoms. The van der Waals surface area contributed by atoms with Gasteiger partial charge in [-0.2, -0.15) is 5.10 Å². The monoisotopic (exact) mass is 222 g/mol. The molecule has 0 atom stereocenters. The number of carbonyl (C=O) groups is 1. The lowest BCUT2D eigenvalue weighted by Gasteiger charge is -2.23. The van der Waals surface area contributed by atoms with E-state index in [0.29, 0.717) is 6.04 Å². The van der Waals surface area contributed by atoms with E-state index < -0.39 is 5.97 Å². The first-order valence-corrected chi connectivity index (χ1v) is 5.93. The van der Waals surface area contributed by atoms with Crippen LogP contribution >= 0.6 is 0 Å². The molecule has 0 unspecified atom stereocenters. The SMILES string of the molecule is Cc1cc(CC(=O)O)n(C2CCCCC2)n1. The van der Waals surface area contributed by atoms with Crippen LogP contribution in [0.3, 0.4) is 0 Å². The van der Waals surface area contributed by atoms with Gasteiger partial charge in [0, 0.05) is 0 Å². The molecule has 4 nitrogen and oxygen atoms in total. The van der Waals surface area contributed by atoms with Crippen molar-refractivity contribution in [2.75, 3.05) is 0 Å². The van der Waals surface area contributed by atoms with Gasteiger partial charge in [0.25, 0.3) is 0 Å². The number of aromatic nitrogens is 2. The minimum atomic E-state index is -0.781. The predicted molar refractivity (Wildman–Crippen MR) is 60.4 cm³/mol. The summed E-state index contributed by atoms with van der Waals surface area (Å²) < 4.78 is 1.95. The Hall–Kier alpha value is -1.32. The summed E-state index contributed by atoms with van der Waals surface area (Å²) in [6.07, 6.45) is 6.11. The number of hydrogen-bond donors (Lipinski definition) is 1. The van der Waals surface area contributed by atoms with Crippen LogP contribution in [0.5, 0.6) is 0 Å². The second-order valence-electron chi connectivity index (χ2n) is 4.58. The van der Waals surface area contributed by atoms with E-state index in [1.165, 1.54) is 19.3 Å². The van der Waals surface area contributed by atoms with E-state index >= 15 is 0 Å². The molecule has 1 aliphatic rings. The van der Waals surface area contributed by atoms with Crippen molar-refractivity contribution in [3.8, 4) is 0 Å². The van der Waals surface area contributed by atoms with Gasteiger partial charge in [0.1, 0.15) is 0 Å². The fraction of sp³-hybridized carbons (Fsp3) is 0.667. The van der Waals surface area contributed by atoms with Gasteiger partial charge >= 0.3 is 5.97 Å². The van der Waals surface area contributed by atoms with Gasteiger partial charge < -0.3 is 5.11 Å². The second-order valence-corrected chi connectivity index (χ2v) is 4.58. The fourth-order valence-corrected chi connectivity index (χ4v) is 2.50. The van der Waals surface area contributed by atoms with Gasteiger partial charge in [-0.05, 0) is 25.8 Å². The van der Waals surface area contributed by atoms with Crippen molar-refractivity contribution >= 4 is 5.97 Å². The van der Waals surface area contributed by atoms with Gasteiger partial charge in [-0.25, -0.2) is 0 Å². The molecule has 0 spiro atoms. The Morgan fingerprint density at radius 2 is 2.19 bits per heavy atom. The van der Waals surface area contributed by atoms with Gasteiger partial charge in [0.15, 0.2) is 0 Å². The second kappa shape index (κ2) is 4.68. The molecule has 88 valence electrons. The highest BCUT2D eigenvalue weighted by Crippen LogP contribution is 2.29. The molecule has 1 heterocycles. The number of aliphatic carboxylic acids is 1. The largest absolute Gasteiger partial charge is 0.481 e. The van der Waals surface area contributed by atoms with E-state index in [1.54, 1.807) is 0 Å². The molecule has 1 N–H and O–H groups in total. The summed E-state index contributed by atoms with van der Waals surface area (Å²) in [5, 5.41) is 13.3. The van der Waals surface area contributed by atoms with Crippen LogP contribution in [0.4, 0.5) is 0 Å². The highest BCUT2D eigenvalue weighted by Gasteiger charge is 2.20. The van der Waals surface area contributed by atoms with E-state index in [0.717, 1.165) is 24.2 Å². The highest BCUT2D eigenvalue weighted by atomic mass is 16.4. The quantitative estimate of drug-likeness (QED) is 0.853. The Kier molecular flexibility index (Phi) is 3.27. The Bertz CT molecular complexity index is 378. The van der Waals surface area contributed by atoms with Gasteiger partial charge in [0.05, 0.1) is 23.9 Å². The normalized spacial score (nSPS) is 17.6. The maximum Gasteiger partial charge on any atom is 0.309 e. The third-order valence-electron chi connectivity index (χ3n) is 3.19. The molecule has 0 saturated heterocycles. The number of hydrogen-bond acceptors (Lipinski definition) is 2. The standard InChI is InChI=1S/C12H18N2O2/c1-9-7-11(8-12(15)16)14(13-9)10-5-3-2-4-6-10/h7,10H,2-6,8H2,1H3,(H,15,16). The molecule has 0 aromatic carbocycles. The van der Waals surface area contributed by atoms with Crippen LogP contribution in [-0.4, -0.2) is 20.9 Å². The van der Waals surface area contributed by atoms with Crippen LogP contribution in [0, 0.1) is 6.92 Å². The maximum atomic E-state index is 10.8. The lowest BCUT2D eigenvalue weighted by molar-refractivity contribution is -0.136. The molecule has 16 heavy (non-hydrogen) atoms. The molecule has 1 aliphatic carbocycles. The third kappa shape index (κ3) is 2.43. The van der Waals surface area contributed by atoms with Crippen molar-refractivity contribution in [1.29, 1.82) is 0 Å². The summed E-state index contributed by atoms with van der Waals surface area (Å²) in [7, 11) is 0. The molecule has 1 aromatic rings. The molecule has 0 aliphatic heterocycles. The Morgan fingerprint density at radius 1 is 1.50 bits per heavy atom.